The molecule has 17 heavy (non-hydrogen) atoms. The van der Waals surface area contributed by atoms with E-state index in [0.29, 0.717) is 11.5 Å². The molecular formula is C10H13N5OS. The van der Waals surface area contributed by atoms with Crippen LogP contribution in [0.1, 0.15) is 28.5 Å². The Bertz CT molecular complexity index is 530. The molecule has 0 saturated carbocycles. The van der Waals surface area contributed by atoms with E-state index >= 15 is 0 Å². The van der Waals surface area contributed by atoms with E-state index in [1.54, 1.807) is 29.4 Å². The van der Waals surface area contributed by atoms with E-state index in [2.05, 4.69) is 15.4 Å². The van der Waals surface area contributed by atoms with Crippen molar-refractivity contribution in [3.8, 4) is 0 Å². The molecule has 0 saturated heterocycles. The van der Waals surface area contributed by atoms with Gasteiger partial charge in [-0.25, -0.2) is 4.98 Å². The van der Waals surface area contributed by atoms with Gasteiger partial charge in [0.2, 0.25) is 0 Å². The van der Waals surface area contributed by atoms with Gasteiger partial charge in [0.15, 0.2) is 0 Å². The van der Waals surface area contributed by atoms with Crippen LogP contribution in [0.5, 0.6) is 0 Å². The van der Waals surface area contributed by atoms with Crippen molar-refractivity contribution in [1.29, 1.82) is 0 Å². The maximum atomic E-state index is 11.9. The number of carbonyl (C=O) groups excluding carboxylic acids is 1. The summed E-state index contributed by atoms with van der Waals surface area (Å²) < 4.78 is 1.58. The van der Waals surface area contributed by atoms with E-state index in [1.165, 1.54) is 11.3 Å². The molecular weight excluding hydrogens is 238 g/mol. The summed E-state index contributed by atoms with van der Waals surface area (Å²) in [6, 6.07) is 1.56. The van der Waals surface area contributed by atoms with Gasteiger partial charge in [-0.15, -0.1) is 11.3 Å². The minimum absolute atomic E-state index is 0.154. The first-order valence-corrected chi connectivity index (χ1v) is 5.96. The van der Waals surface area contributed by atoms with E-state index in [0.717, 1.165) is 5.01 Å². The molecule has 3 N–H and O–H groups in total. The van der Waals surface area contributed by atoms with Crippen LogP contribution in [-0.4, -0.2) is 20.7 Å². The quantitative estimate of drug-likeness (QED) is 0.856. The van der Waals surface area contributed by atoms with E-state index in [-0.39, 0.29) is 11.9 Å². The smallest absolute Gasteiger partial charge is 0.276 e. The first-order valence-electron chi connectivity index (χ1n) is 5.08. The van der Waals surface area contributed by atoms with E-state index in [1.807, 2.05) is 6.92 Å². The number of anilines is 1. The SMILES string of the molecule is CC(N)c1nc(C(=O)Nc2ccnn2C)cs1. The largest absolute Gasteiger partial charge is 0.322 e. The molecule has 0 aliphatic heterocycles. The highest BCUT2D eigenvalue weighted by Gasteiger charge is 2.13. The summed E-state index contributed by atoms with van der Waals surface area (Å²) in [5.74, 6) is 0.377. The topological polar surface area (TPSA) is 85.8 Å². The number of nitrogens with one attached hydrogen (secondary N) is 1. The Balaban J connectivity index is 2.12. The Labute approximate surface area is 102 Å². The van der Waals surface area contributed by atoms with Crippen LogP contribution >= 0.6 is 11.3 Å². The number of aromatic nitrogens is 3. The Morgan fingerprint density at radius 3 is 2.94 bits per heavy atom. The number of amides is 1. The number of nitrogens with two attached hydrogens (primary N) is 1. The molecule has 2 aromatic heterocycles. The predicted octanol–water partition coefficient (Wildman–Crippen LogP) is 1.15. The summed E-state index contributed by atoms with van der Waals surface area (Å²) >= 11 is 1.38. The minimum Gasteiger partial charge on any atom is -0.322 e. The zero-order chi connectivity index (χ0) is 12.4. The van der Waals surface area contributed by atoms with Crippen molar-refractivity contribution in [1.82, 2.24) is 14.8 Å². The van der Waals surface area contributed by atoms with Crippen molar-refractivity contribution in [2.24, 2.45) is 12.8 Å². The monoisotopic (exact) mass is 251 g/mol. The summed E-state index contributed by atoms with van der Waals surface area (Å²) in [6.45, 7) is 1.83. The molecule has 0 aliphatic carbocycles. The number of nitrogens with zero attached hydrogens (tertiary/aromatic N) is 3. The zero-order valence-electron chi connectivity index (χ0n) is 9.54. The van der Waals surface area contributed by atoms with Gasteiger partial charge in [0, 0.05) is 18.5 Å². The molecule has 0 aliphatic rings. The maximum Gasteiger partial charge on any atom is 0.276 e. The minimum atomic E-state index is -0.253. The number of aryl methyl sites for hydroxylation is 1. The van der Waals surface area contributed by atoms with Gasteiger partial charge in [-0.2, -0.15) is 5.10 Å². The molecule has 1 amide bonds. The van der Waals surface area contributed by atoms with Gasteiger partial charge in [-0.05, 0) is 6.92 Å². The maximum absolute atomic E-state index is 11.9. The van der Waals surface area contributed by atoms with Gasteiger partial charge >= 0.3 is 0 Å². The molecule has 0 aromatic carbocycles. The number of hydrogen-bond acceptors (Lipinski definition) is 5. The van der Waals surface area contributed by atoms with Gasteiger partial charge in [0.25, 0.3) is 5.91 Å². The third-order valence-corrected chi connectivity index (χ3v) is 3.25. The Morgan fingerprint density at radius 2 is 2.41 bits per heavy atom. The van der Waals surface area contributed by atoms with Crippen LogP contribution in [0.25, 0.3) is 0 Å². The summed E-state index contributed by atoms with van der Waals surface area (Å²) in [5, 5.41) is 9.13. The lowest BCUT2D eigenvalue weighted by atomic mass is 10.4. The standard InChI is InChI=1S/C10H13N5OS/c1-6(11)10-13-7(5-17-10)9(16)14-8-3-4-12-15(8)2/h3-6H,11H2,1-2H3,(H,14,16). The summed E-state index contributed by atoms with van der Waals surface area (Å²) in [4.78, 5) is 16.0. The van der Waals surface area contributed by atoms with Crippen molar-refractivity contribution < 1.29 is 4.79 Å². The van der Waals surface area contributed by atoms with Crippen LogP contribution in [0.2, 0.25) is 0 Å². The van der Waals surface area contributed by atoms with E-state index in [9.17, 15) is 4.79 Å². The van der Waals surface area contributed by atoms with Crippen molar-refractivity contribution in [3.63, 3.8) is 0 Å². The molecule has 2 rings (SSSR count). The second-order valence-corrected chi connectivity index (χ2v) is 4.54. The first-order chi connectivity index (χ1) is 8.08. The summed E-state index contributed by atoms with van der Waals surface area (Å²) in [6.07, 6.45) is 1.62. The van der Waals surface area contributed by atoms with Crippen molar-refractivity contribution in [2.45, 2.75) is 13.0 Å². The molecule has 0 radical (unpaired) electrons. The van der Waals surface area contributed by atoms with Crippen LogP contribution in [0, 0.1) is 0 Å². The van der Waals surface area contributed by atoms with Gasteiger partial charge in [-0.3, -0.25) is 9.48 Å². The highest BCUT2D eigenvalue weighted by Crippen LogP contribution is 2.16. The molecule has 1 atom stereocenters. The Hall–Kier alpha value is -1.73. The summed E-state index contributed by atoms with van der Waals surface area (Å²) in [7, 11) is 1.75. The molecule has 2 heterocycles. The number of thiazole rings is 1. The fraction of sp³-hybridized carbons (Fsp3) is 0.300. The molecule has 7 heteroatoms. The van der Waals surface area contributed by atoms with Crippen LogP contribution in [0.3, 0.4) is 0 Å². The van der Waals surface area contributed by atoms with Crippen molar-refractivity contribution >= 4 is 23.1 Å². The molecule has 2 aromatic rings. The van der Waals surface area contributed by atoms with Crippen LogP contribution < -0.4 is 11.1 Å². The van der Waals surface area contributed by atoms with Gasteiger partial charge in [0.05, 0.1) is 12.2 Å². The van der Waals surface area contributed by atoms with Gasteiger partial charge < -0.3 is 11.1 Å². The van der Waals surface area contributed by atoms with E-state index < -0.39 is 0 Å². The predicted molar refractivity (Wildman–Crippen MR) is 65.9 cm³/mol. The molecule has 90 valence electrons. The first kappa shape index (κ1) is 11.7. The number of carbonyl (C=O) groups is 1. The van der Waals surface area contributed by atoms with Gasteiger partial charge in [-0.1, -0.05) is 0 Å². The highest BCUT2D eigenvalue weighted by atomic mass is 32.1. The lowest BCUT2D eigenvalue weighted by molar-refractivity contribution is 0.102. The lowest BCUT2D eigenvalue weighted by Crippen LogP contribution is -2.15. The number of rotatable bonds is 3. The average Bonchev–Trinajstić information content (AvgIpc) is 2.88. The average molecular weight is 251 g/mol. The Kier molecular flexibility index (Phi) is 3.21. The molecule has 1 unspecified atom stereocenters. The normalized spacial score (nSPS) is 12.4. The van der Waals surface area contributed by atoms with Crippen LogP contribution in [0.15, 0.2) is 17.6 Å². The lowest BCUT2D eigenvalue weighted by Gasteiger charge is -2.02. The Morgan fingerprint density at radius 1 is 1.65 bits per heavy atom. The van der Waals surface area contributed by atoms with Crippen LogP contribution in [0.4, 0.5) is 5.82 Å². The van der Waals surface area contributed by atoms with Crippen LogP contribution in [-0.2, 0) is 7.05 Å². The molecule has 0 bridgehead atoms. The summed E-state index contributed by atoms with van der Waals surface area (Å²) in [5.41, 5.74) is 6.07. The number of hydrogen-bond donors (Lipinski definition) is 2. The zero-order valence-corrected chi connectivity index (χ0v) is 10.4. The van der Waals surface area contributed by atoms with Crippen molar-refractivity contribution in [2.75, 3.05) is 5.32 Å². The molecule has 0 fully saturated rings. The van der Waals surface area contributed by atoms with E-state index in [4.69, 9.17) is 5.73 Å². The second-order valence-electron chi connectivity index (χ2n) is 3.65. The second kappa shape index (κ2) is 4.64. The fourth-order valence-electron chi connectivity index (χ4n) is 1.28. The fourth-order valence-corrected chi connectivity index (χ4v) is 2.04. The molecule has 0 spiro atoms. The third kappa shape index (κ3) is 2.51. The van der Waals surface area contributed by atoms with Crippen molar-refractivity contribution in [3.05, 3.63) is 28.3 Å². The van der Waals surface area contributed by atoms with Gasteiger partial charge in [0.1, 0.15) is 16.5 Å². The highest BCUT2D eigenvalue weighted by molar-refractivity contribution is 7.09. The third-order valence-electron chi connectivity index (χ3n) is 2.21. The molecule has 6 nitrogen and oxygen atoms in total.